The topological polar surface area (TPSA) is 55.6 Å². The van der Waals surface area contributed by atoms with Gasteiger partial charge in [0.05, 0.1) is 6.61 Å². The van der Waals surface area contributed by atoms with E-state index in [9.17, 15) is 4.79 Å². The van der Waals surface area contributed by atoms with Crippen LogP contribution in [0.5, 0.6) is 0 Å². The summed E-state index contributed by atoms with van der Waals surface area (Å²) >= 11 is 0. The molecule has 17 heavy (non-hydrogen) atoms. The number of morpholine rings is 1. The van der Waals surface area contributed by atoms with Crippen LogP contribution >= 0.6 is 0 Å². The van der Waals surface area contributed by atoms with Gasteiger partial charge in [0.15, 0.2) is 0 Å². The van der Waals surface area contributed by atoms with Gasteiger partial charge in [0.25, 0.3) is 0 Å². The quantitative estimate of drug-likeness (QED) is 0.843. The van der Waals surface area contributed by atoms with Crippen LogP contribution in [0.4, 0.5) is 0 Å². The molecule has 1 aromatic carbocycles. The Morgan fingerprint density at radius 2 is 2.24 bits per heavy atom. The molecule has 1 heterocycles. The van der Waals surface area contributed by atoms with Gasteiger partial charge in [0, 0.05) is 19.1 Å². The van der Waals surface area contributed by atoms with Gasteiger partial charge in [-0.15, -0.1) is 0 Å². The second-order valence-electron chi connectivity index (χ2n) is 4.36. The Bertz CT molecular complexity index is 406. The van der Waals surface area contributed by atoms with Crippen molar-refractivity contribution in [1.82, 2.24) is 4.90 Å². The van der Waals surface area contributed by atoms with Crippen LogP contribution in [0.15, 0.2) is 24.3 Å². The Morgan fingerprint density at radius 3 is 2.94 bits per heavy atom. The van der Waals surface area contributed by atoms with Crippen molar-refractivity contribution in [2.75, 3.05) is 26.3 Å². The summed E-state index contributed by atoms with van der Waals surface area (Å²) in [6, 6.07) is 7.90. The Hall–Kier alpha value is -1.39. The molecule has 1 amide bonds. The third-order valence-corrected chi connectivity index (χ3v) is 3.09. The Labute approximate surface area is 101 Å². The fraction of sp³-hybridized carbons (Fsp3) is 0.462. The zero-order valence-corrected chi connectivity index (χ0v) is 10.1. The van der Waals surface area contributed by atoms with Gasteiger partial charge in [0.1, 0.15) is 6.61 Å². The summed E-state index contributed by atoms with van der Waals surface area (Å²) in [7, 11) is 0. The van der Waals surface area contributed by atoms with E-state index in [4.69, 9.17) is 10.5 Å². The minimum Gasteiger partial charge on any atom is -0.370 e. The van der Waals surface area contributed by atoms with E-state index in [1.807, 2.05) is 31.2 Å². The number of aryl methyl sites for hydroxylation is 1. The van der Waals surface area contributed by atoms with Crippen molar-refractivity contribution in [3.63, 3.8) is 0 Å². The van der Waals surface area contributed by atoms with Gasteiger partial charge in [-0.3, -0.25) is 4.79 Å². The van der Waals surface area contributed by atoms with Crippen LogP contribution < -0.4 is 5.73 Å². The minimum absolute atomic E-state index is 0.0280. The zero-order valence-electron chi connectivity index (χ0n) is 10.1. The lowest BCUT2D eigenvalue weighted by Gasteiger charge is -2.29. The lowest BCUT2D eigenvalue weighted by Crippen LogP contribution is -2.44. The highest BCUT2D eigenvalue weighted by Gasteiger charge is 2.21. The van der Waals surface area contributed by atoms with Crippen molar-refractivity contribution in [3.05, 3.63) is 35.4 Å². The first kappa shape index (κ1) is 12.1. The molecule has 1 saturated heterocycles. The lowest BCUT2D eigenvalue weighted by molar-refractivity contribution is -0.142. The van der Waals surface area contributed by atoms with Crippen molar-refractivity contribution in [3.8, 4) is 0 Å². The van der Waals surface area contributed by atoms with E-state index in [0.717, 1.165) is 5.56 Å². The first-order valence-corrected chi connectivity index (χ1v) is 5.85. The van der Waals surface area contributed by atoms with Crippen LogP contribution in [0.3, 0.4) is 0 Å². The number of rotatable bonds is 3. The van der Waals surface area contributed by atoms with Gasteiger partial charge in [-0.1, -0.05) is 24.3 Å². The van der Waals surface area contributed by atoms with Crippen LogP contribution in [-0.2, 0) is 9.53 Å². The number of carbonyl (C=O) groups excluding carboxylic acids is 1. The lowest BCUT2D eigenvalue weighted by atomic mass is 10.0. The van der Waals surface area contributed by atoms with Crippen molar-refractivity contribution in [2.24, 2.45) is 5.73 Å². The maximum absolute atomic E-state index is 11.6. The van der Waals surface area contributed by atoms with Crippen LogP contribution in [0.2, 0.25) is 0 Å². The molecule has 1 aliphatic rings. The number of hydrogen-bond donors (Lipinski definition) is 1. The van der Waals surface area contributed by atoms with E-state index < -0.39 is 0 Å². The van der Waals surface area contributed by atoms with E-state index in [1.54, 1.807) is 4.90 Å². The second-order valence-corrected chi connectivity index (χ2v) is 4.36. The second kappa shape index (κ2) is 5.29. The van der Waals surface area contributed by atoms with Crippen LogP contribution in [-0.4, -0.2) is 37.1 Å². The largest absolute Gasteiger partial charge is 0.370 e. The summed E-state index contributed by atoms with van der Waals surface area (Å²) in [5.74, 6) is 0.0280. The number of amides is 1. The highest BCUT2D eigenvalue weighted by Crippen LogP contribution is 2.16. The predicted molar refractivity (Wildman–Crippen MR) is 65.5 cm³/mol. The number of nitrogens with zero attached hydrogens (tertiary/aromatic N) is 1. The molecule has 4 nitrogen and oxygen atoms in total. The van der Waals surface area contributed by atoms with Crippen molar-refractivity contribution < 1.29 is 9.53 Å². The predicted octanol–water partition coefficient (Wildman–Crippen LogP) is 0.854. The van der Waals surface area contributed by atoms with Crippen LogP contribution in [0.1, 0.15) is 17.2 Å². The molecule has 1 unspecified atom stereocenters. The smallest absolute Gasteiger partial charge is 0.248 e. The first-order valence-electron chi connectivity index (χ1n) is 5.85. The molecule has 1 aromatic rings. The molecule has 0 spiro atoms. The van der Waals surface area contributed by atoms with Gasteiger partial charge in [-0.2, -0.15) is 0 Å². The molecule has 1 atom stereocenters. The zero-order chi connectivity index (χ0) is 12.3. The summed E-state index contributed by atoms with van der Waals surface area (Å²) in [6.45, 7) is 4.02. The van der Waals surface area contributed by atoms with Crippen molar-refractivity contribution >= 4 is 5.91 Å². The van der Waals surface area contributed by atoms with Gasteiger partial charge in [0.2, 0.25) is 5.91 Å². The molecule has 2 N–H and O–H groups in total. The molecule has 0 aliphatic carbocycles. The van der Waals surface area contributed by atoms with E-state index in [-0.39, 0.29) is 18.6 Å². The van der Waals surface area contributed by atoms with E-state index in [0.29, 0.717) is 19.7 Å². The van der Waals surface area contributed by atoms with Gasteiger partial charge in [-0.05, 0) is 18.1 Å². The molecular formula is C13H18N2O2. The van der Waals surface area contributed by atoms with Gasteiger partial charge < -0.3 is 15.4 Å². The first-order chi connectivity index (χ1) is 8.18. The fourth-order valence-corrected chi connectivity index (χ4v) is 2.08. The third kappa shape index (κ3) is 2.84. The van der Waals surface area contributed by atoms with Gasteiger partial charge in [-0.25, -0.2) is 0 Å². The Balaban J connectivity index is 2.03. The maximum atomic E-state index is 11.6. The molecule has 0 radical (unpaired) electrons. The highest BCUT2D eigenvalue weighted by atomic mass is 16.5. The summed E-state index contributed by atoms with van der Waals surface area (Å²) in [6.07, 6.45) is 0. The van der Waals surface area contributed by atoms with E-state index >= 15 is 0 Å². The van der Waals surface area contributed by atoms with Gasteiger partial charge >= 0.3 is 0 Å². The average molecular weight is 234 g/mol. The average Bonchev–Trinajstić information content (AvgIpc) is 2.32. The fourth-order valence-electron chi connectivity index (χ4n) is 2.08. The number of hydrogen-bond acceptors (Lipinski definition) is 3. The number of nitrogens with two attached hydrogens (primary N) is 1. The van der Waals surface area contributed by atoms with E-state index in [2.05, 4.69) is 0 Å². The molecule has 4 heteroatoms. The third-order valence-electron chi connectivity index (χ3n) is 3.09. The maximum Gasteiger partial charge on any atom is 0.248 e. The molecule has 2 rings (SSSR count). The number of carbonyl (C=O) groups is 1. The van der Waals surface area contributed by atoms with E-state index in [1.165, 1.54) is 5.56 Å². The molecule has 1 aliphatic heterocycles. The highest BCUT2D eigenvalue weighted by molar-refractivity contribution is 5.78. The molecular weight excluding hydrogens is 216 g/mol. The molecule has 0 aromatic heterocycles. The number of benzene rings is 1. The minimum atomic E-state index is -0.127. The Morgan fingerprint density at radius 1 is 1.47 bits per heavy atom. The summed E-state index contributed by atoms with van der Waals surface area (Å²) in [5, 5.41) is 0. The summed E-state index contributed by atoms with van der Waals surface area (Å²) in [5.41, 5.74) is 8.43. The SMILES string of the molecule is Cc1ccccc1C(N)CN1CCOCC1=O. The molecule has 92 valence electrons. The van der Waals surface area contributed by atoms with Crippen molar-refractivity contribution in [1.29, 1.82) is 0 Å². The summed E-state index contributed by atoms with van der Waals surface area (Å²) in [4.78, 5) is 13.4. The Kier molecular flexibility index (Phi) is 3.76. The molecule has 0 saturated carbocycles. The standard InChI is InChI=1S/C13H18N2O2/c1-10-4-2-3-5-11(10)12(14)8-15-6-7-17-9-13(15)16/h2-5,12H,6-9,14H2,1H3. The summed E-state index contributed by atoms with van der Waals surface area (Å²) < 4.78 is 5.09. The molecule has 0 bridgehead atoms. The van der Waals surface area contributed by atoms with Crippen molar-refractivity contribution in [2.45, 2.75) is 13.0 Å². The normalized spacial score (nSPS) is 18.2. The molecule has 1 fully saturated rings. The van der Waals surface area contributed by atoms with Crippen LogP contribution in [0, 0.1) is 6.92 Å². The van der Waals surface area contributed by atoms with Crippen LogP contribution in [0.25, 0.3) is 0 Å². The number of ether oxygens (including phenoxy) is 1. The monoisotopic (exact) mass is 234 g/mol.